The number of carboxylic acids is 1. The maximum atomic E-state index is 10.8. The highest BCUT2D eigenvalue weighted by Gasteiger charge is 2.14. The van der Waals surface area contributed by atoms with E-state index in [-0.39, 0.29) is 5.92 Å². The Balaban J connectivity index is 0. The molecule has 0 fully saturated rings. The van der Waals surface area contributed by atoms with E-state index in [9.17, 15) is 4.79 Å². The Bertz CT molecular complexity index is 132. The zero-order chi connectivity index (χ0) is 12.1. The van der Waals surface area contributed by atoms with E-state index in [0.29, 0.717) is 0 Å². The molecule has 92 valence electrons. The van der Waals surface area contributed by atoms with Crippen LogP contribution in [0.1, 0.15) is 72.6 Å². The predicted octanol–water partition coefficient (Wildman–Crippen LogP) is 4.48. The van der Waals surface area contributed by atoms with Gasteiger partial charge in [-0.05, 0) is 12.8 Å². The van der Waals surface area contributed by atoms with Crippen molar-refractivity contribution >= 4 is 5.97 Å². The fourth-order valence-corrected chi connectivity index (χ4v) is 1.56. The smallest absolute Gasteiger partial charge is 0.306 e. The molecule has 0 heterocycles. The summed E-state index contributed by atoms with van der Waals surface area (Å²) in [5.41, 5.74) is 0. The van der Waals surface area contributed by atoms with E-state index in [1.54, 1.807) is 0 Å². The molecule has 15 heavy (non-hydrogen) atoms. The molecule has 0 aromatic rings. The van der Waals surface area contributed by atoms with E-state index in [2.05, 4.69) is 6.92 Å². The Kier molecular flexibility index (Phi) is 15.2. The van der Waals surface area contributed by atoms with Crippen LogP contribution in [0.4, 0.5) is 0 Å². The summed E-state index contributed by atoms with van der Waals surface area (Å²) >= 11 is 0. The highest BCUT2D eigenvalue weighted by Crippen LogP contribution is 2.16. The predicted molar refractivity (Wildman–Crippen MR) is 66.1 cm³/mol. The Hall–Kier alpha value is -0.530. The van der Waals surface area contributed by atoms with Crippen molar-refractivity contribution in [3.63, 3.8) is 0 Å². The van der Waals surface area contributed by atoms with Crippen LogP contribution < -0.4 is 0 Å². The Morgan fingerprint density at radius 1 is 1.00 bits per heavy atom. The summed E-state index contributed by atoms with van der Waals surface area (Å²) in [7, 11) is 0. The summed E-state index contributed by atoms with van der Waals surface area (Å²) in [5, 5.41) is 8.86. The maximum absolute atomic E-state index is 10.8. The zero-order valence-corrected chi connectivity index (χ0v) is 10.9. The first-order valence-corrected chi connectivity index (χ1v) is 6.45. The Labute approximate surface area is 95.1 Å². The molecule has 0 amide bonds. The van der Waals surface area contributed by atoms with Crippen molar-refractivity contribution in [2.45, 2.75) is 72.6 Å². The van der Waals surface area contributed by atoms with Gasteiger partial charge in [0.05, 0.1) is 5.92 Å². The van der Waals surface area contributed by atoms with Crippen molar-refractivity contribution in [1.82, 2.24) is 0 Å². The molecule has 0 aliphatic rings. The zero-order valence-electron chi connectivity index (χ0n) is 10.9. The molecule has 1 unspecified atom stereocenters. The van der Waals surface area contributed by atoms with E-state index in [0.717, 1.165) is 25.7 Å². The third-order valence-electron chi connectivity index (χ3n) is 2.39. The molecule has 0 spiro atoms. The first-order valence-electron chi connectivity index (χ1n) is 6.45. The van der Waals surface area contributed by atoms with Gasteiger partial charge in [0.25, 0.3) is 0 Å². The highest BCUT2D eigenvalue weighted by molar-refractivity contribution is 5.69. The fraction of sp³-hybridized carbons (Fsp3) is 0.923. The molecule has 0 aromatic carbocycles. The third kappa shape index (κ3) is 11.4. The van der Waals surface area contributed by atoms with Crippen LogP contribution in [0.15, 0.2) is 0 Å². The maximum Gasteiger partial charge on any atom is 0.306 e. The third-order valence-corrected chi connectivity index (χ3v) is 2.39. The largest absolute Gasteiger partial charge is 0.481 e. The standard InChI is InChI=1S/C11H22O2.C2H6/c1-3-5-6-7-9-10(8-4-2)11(12)13;1-2/h10H,3-9H2,1-2H3,(H,12,13);1-2H3. The first-order chi connectivity index (χ1) is 7.22. The topological polar surface area (TPSA) is 37.3 Å². The van der Waals surface area contributed by atoms with E-state index in [1.807, 2.05) is 20.8 Å². The van der Waals surface area contributed by atoms with Gasteiger partial charge in [0.2, 0.25) is 0 Å². The molecule has 1 atom stereocenters. The molecule has 0 rings (SSSR count). The lowest BCUT2D eigenvalue weighted by atomic mass is 9.96. The lowest BCUT2D eigenvalue weighted by Gasteiger charge is -2.09. The number of unbranched alkanes of at least 4 members (excludes halogenated alkanes) is 3. The lowest BCUT2D eigenvalue weighted by molar-refractivity contribution is -0.142. The van der Waals surface area contributed by atoms with E-state index in [1.165, 1.54) is 19.3 Å². The average molecular weight is 216 g/mol. The van der Waals surface area contributed by atoms with Gasteiger partial charge >= 0.3 is 5.97 Å². The van der Waals surface area contributed by atoms with Gasteiger partial charge in [-0.25, -0.2) is 0 Å². The Morgan fingerprint density at radius 2 is 1.60 bits per heavy atom. The van der Waals surface area contributed by atoms with Crippen molar-refractivity contribution in [3.8, 4) is 0 Å². The number of aliphatic carboxylic acids is 1. The molecule has 0 aliphatic carbocycles. The molecule has 0 aromatic heterocycles. The summed E-state index contributed by atoms with van der Waals surface area (Å²) in [4.78, 5) is 10.8. The number of hydrogen-bond acceptors (Lipinski definition) is 1. The van der Waals surface area contributed by atoms with Crippen molar-refractivity contribution in [3.05, 3.63) is 0 Å². The molecule has 2 nitrogen and oxygen atoms in total. The van der Waals surface area contributed by atoms with Gasteiger partial charge in [-0.3, -0.25) is 4.79 Å². The second-order valence-corrected chi connectivity index (χ2v) is 3.67. The summed E-state index contributed by atoms with van der Waals surface area (Å²) in [6, 6.07) is 0. The number of carbonyl (C=O) groups is 1. The van der Waals surface area contributed by atoms with Gasteiger partial charge in [0.15, 0.2) is 0 Å². The van der Waals surface area contributed by atoms with Gasteiger partial charge in [-0.2, -0.15) is 0 Å². The minimum atomic E-state index is -0.613. The van der Waals surface area contributed by atoms with Gasteiger partial charge < -0.3 is 5.11 Å². The number of rotatable bonds is 8. The summed E-state index contributed by atoms with van der Waals surface area (Å²) < 4.78 is 0. The summed E-state index contributed by atoms with van der Waals surface area (Å²) in [6.45, 7) is 8.21. The molecular formula is C13H28O2. The molecule has 0 radical (unpaired) electrons. The van der Waals surface area contributed by atoms with Crippen LogP contribution in [0.2, 0.25) is 0 Å². The molecule has 0 saturated carbocycles. The molecule has 0 saturated heterocycles. The fourth-order valence-electron chi connectivity index (χ4n) is 1.56. The van der Waals surface area contributed by atoms with Crippen molar-refractivity contribution in [1.29, 1.82) is 0 Å². The van der Waals surface area contributed by atoms with Gasteiger partial charge in [-0.1, -0.05) is 59.8 Å². The summed E-state index contributed by atoms with van der Waals surface area (Å²) in [5.74, 6) is -0.708. The average Bonchev–Trinajstić information content (AvgIpc) is 2.25. The van der Waals surface area contributed by atoms with E-state index in [4.69, 9.17) is 5.11 Å². The van der Waals surface area contributed by atoms with Gasteiger partial charge in [0.1, 0.15) is 0 Å². The number of carboxylic acid groups (broad SMARTS) is 1. The van der Waals surface area contributed by atoms with Crippen LogP contribution >= 0.6 is 0 Å². The van der Waals surface area contributed by atoms with Gasteiger partial charge in [-0.15, -0.1) is 0 Å². The second kappa shape index (κ2) is 13.5. The second-order valence-electron chi connectivity index (χ2n) is 3.67. The molecule has 1 N–H and O–H groups in total. The molecule has 0 aliphatic heterocycles. The SMILES string of the molecule is CC.CCCCCCC(CCC)C(=O)O. The highest BCUT2D eigenvalue weighted by atomic mass is 16.4. The number of hydrogen-bond donors (Lipinski definition) is 1. The minimum absolute atomic E-state index is 0.0955. The van der Waals surface area contributed by atoms with E-state index >= 15 is 0 Å². The van der Waals surface area contributed by atoms with Crippen LogP contribution in [0.25, 0.3) is 0 Å². The molecular weight excluding hydrogens is 188 g/mol. The Morgan fingerprint density at radius 3 is 2.00 bits per heavy atom. The lowest BCUT2D eigenvalue weighted by Crippen LogP contribution is -2.13. The van der Waals surface area contributed by atoms with Crippen molar-refractivity contribution in [2.24, 2.45) is 5.92 Å². The summed E-state index contributed by atoms with van der Waals surface area (Å²) in [6.07, 6.45) is 7.38. The van der Waals surface area contributed by atoms with Crippen LogP contribution in [0.3, 0.4) is 0 Å². The van der Waals surface area contributed by atoms with Crippen LogP contribution in [-0.2, 0) is 4.79 Å². The molecule has 0 bridgehead atoms. The minimum Gasteiger partial charge on any atom is -0.481 e. The van der Waals surface area contributed by atoms with E-state index < -0.39 is 5.97 Å². The van der Waals surface area contributed by atoms with Crippen LogP contribution in [0.5, 0.6) is 0 Å². The van der Waals surface area contributed by atoms with Crippen LogP contribution in [0, 0.1) is 5.92 Å². The normalized spacial score (nSPS) is 11.5. The molecule has 2 heteroatoms. The first kappa shape index (κ1) is 16.9. The quantitative estimate of drug-likeness (QED) is 0.607. The van der Waals surface area contributed by atoms with Crippen molar-refractivity contribution in [2.75, 3.05) is 0 Å². The monoisotopic (exact) mass is 216 g/mol. The van der Waals surface area contributed by atoms with Crippen molar-refractivity contribution < 1.29 is 9.90 Å². The van der Waals surface area contributed by atoms with Gasteiger partial charge in [0, 0.05) is 0 Å². The van der Waals surface area contributed by atoms with Crippen LogP contribution in [-0.4, -0.2) is 11.1 Å².